The topological polar surface area (TPSA) is 78.1 Å². The number of carbonyl (C=O) groups is 1. The van der Waals surface area contributed by atoms with Crippen molar-refractivity contribution < 1.29 is 9.53 Å². The SMILES string of the molecule is COc1nn(C)cc1-c1c2c(nn1C)C(C)N(C(=O)c1ccc3ncccc3c1)CC2. The van der Waals surface area contributed by atoms with Crippen LogP contribution in [0, 0.1) is 0 Å². The Kier molecular flexibility index (Phi) is 4.50. The molecule has 8 nitrogen and oxygen atoms in total. The predicted octanol–water partition coefficient (Wildman–Crippen LogP) is 3.14. The minimum absolute atomic E-state index is 0.00932. The predicted molar refractivity (Wildman–Crippen MR) is 117 cm³/mol. The Morgan fingerprint density at radius 3 is 2.84 bits per heavy atom. The second-order valence-electron chi connectivity index (χ2n) is 7.90. The Balaban J connectivity index is 1.50. The second-order valence-corrected chi connectivity index (χ2v) is 7.90. The van der Waals surface area contributed by atoms with Gasteiger partial charge in [0.2, 0.25) is 5.88 Å². The zero-order valence-corrected chi connectivity index (χ0v) is 18.0. The van der Waals surface area contributed by atoms with Gasteiger partial charge in [-0.1, -0.05) is 6.07 Å². The molecule has 0 saturated heterocycles. The molecule has 1 aliphatic heterocycles. The first-order valence-electron chi connectivity index (χ1n) is 10.3. The van der Waals surface area contributed by atoms with Gasteiger partial charge in [0.05, 0.1) is 35.6 Å². The van der Waals surface area contributed by atoms with Crippen LogP contribution in [0.4, 0.5) is 0 Å². The highest BCUT2D eigenvalue weighted by Crippen LogP contribution is 2.38. The molecule has 1 amide bonds. The van der Waals surface area contributed by atoms with E-state index in [4.69, 9.17) is 9.84 Å². The molecule has 8 heteroatoms. The van der Waals surface area contributed by atoms with E-state index in [1.54, 1.807) is 18.0 Å². The fourth-order valence-corrected chi connectivity index (χ4v) is 4.51. The fourth-order valence-electron chi connectivity index (χ4n) is 4.51. The molecule has 1 aromatic carbocycles. The van der Waals surface area contributed by atoms with Crippen LogP contribution in [0.3, 0.4) is 0 Å². The van der Waals surface area contributed by atoms with E-state index in [2.05, 4.69) is 10.1 Å². The molecule has 1 aliphatic rings. The molecule has 0 N–H and O–H groups in total. The minimum atomic E-state index is -0.136. The van der Waals surface area contributed by atoms with E-state index in [-0.39, 0.29) is 11.9 Å². The zero-order chi connectivity index (χ0) is 21.7. The average Bonchev–Trinajstić information content (AvgIpc) is 3.31. The van der Waals surface area contributed by atoms with Crippen LogP contribution in [-0.4, -0.2) is 49.0 Å². The molecule has 0 bridgehead atoms. The molecular weight excluding hydrogens is 392 g/mol. The number of benzene rings is 1. The van der Waals surface area contributed by atoms with E-state index < -0.39 is 0 Å². The van der Waals surface area contributed by atoms with Crippen molar-refractivity contribution in [1.82, 2.24) is 29.4 Å². The Morgan fingerprint density at radius 1 is 1.19 bits per heavy atom. The van der Waals surface area contributed by atoms with Gasteiger partial charge in [0.15, 0.2) is 0 Å². The Labute approximate surface area is 180 Å². The molecule has 0 fully saturated rings. The third-order valence-electron chi connectivity index (χ3n) is 6.00. The Morgan fingerprint density at radius 2 is 2.03 bits per heavy atom. The molecule has 0 saturated carbocycles. The number of fused-ring (bicyclic) bond motifs is 2. The van der Waals surface area contributed by atoms with Crippen molar-refractivity contribution in [2.24, 2.45) is 14.1 Å². The summed E-state index contributed by atoms with van der Waals surface area (Å²) in [5.74, 6) is 0.583. The highest BCUT2D eigenvalue weighted by molar-refractivity contribution is 5.98. The number of hydrogen-bond acceptors (Lipinski definition) is 5. The van der Waals surface area contributed by atoms with Crippen LogP contribution >= 0.6 is 0 Å². The lowest BCUT2D eigenvalue weighted by molar-refractivity contribution is 0.0674. The van der Waals surface area contributed by atoms with Gasteiger partial charge in [-0.15, -0.1) is 5.10 Å². The number of nitrogens with zero attached hydrogens (tertiary/aromatic N) is 6. The summed E-state index contributed by atoms with van der Waals surface area (Å²) in [6.07, 6.45) is 4.43. The maximum absolute atomic E-state index is 13.4. The van der Waals surface area contributed by atoms with Crippen molar-refractivity contribution in [2.45, 2.75) is 19.4 Å². The van der Waals surface area contributed by atoms with Gasteiger partial charge in [-0.05, 0) is 37.6 Å². The minimum Gasteiger partial charge on any atom is -0.479 e. The number of ether oxygens (including phenoxy) is 1. The number of carbonyl (C=O) groups excluding carboxylic acids is 1. The lowest BCUT2D eigenvalue weighted by atomic mass is 9.95. The van der Waals surface area contributed by atoms with E-state index in [9.17, 15) is 4.79 Å². The van der Waals surface area contributed by atoms with Crippen molar-refractivity contribution in [1.29, 1.82) is 0 Å². The maximum Gasteiger partial charge on any atom is 0.254 e. The van der Waals surface area contributed by atoms with Crippen molar-refractivity contribution >= 4 is 16.8 Å². The summed E-state index contributed by atoms with van der Waals surface area (Å²) in [5.41, 5.74) is 5.53. The number of aryl methyl sites for hydroxylation is 2. The van der Waals surface area contributed by atoms with E-state index >= 15 is 0 Å². The van der Waals surface area contributed by atoms with Crippen LogP contribution in [-0.2, 0) is 20.5 Å². The number of methoxy groups -OCH3 is 1. The molecule has 4 aromatic rings. The summed E-state index contributed by atoms with van der Waals surface area (Å²) in [6, 6.07) is 9.39. The van der Waals surface area contributed by atoms with Gasteiger partial charge < -0.3 is 9.64 Å². The fraction of sp³-hybridized carbons (Fsp3) is 0.304. The van der Waals surface area contributed by atoms with Crippen LogP contribution in [0.2, 0.25) is 0 Å². The monoisotopic (exact) mass is 416 g/mol. The summed E-state index contributed by atoms with van der Waals surface area (Å²) < 4.78 is 9.08. The molecular formula is C23H24N6O2. The standard InChI is InChI=1S/C23H24N6O2/c1-14-20-17(21(28(3)25-20)18-13-27(2)26-22(18)31-4)9-11-29(14)23(30)16-7-8-19-15(12-16)6-5-10-24-19/h5-8,10,12-14H,9,11H2,1-4H3. The molecule has 31 heavy (non-hydrogen) atoms. The van der Waals surface area contributed by atoms with Crippen molar-refractivity contribution in [3.63, 3.8) is 0 Å². The van der Waals surface area contributed by atoms with Gasteiger partial charge in [-0.25, -0.2) is 0 Å². The second kappa shape index (κ2) is 7.23. The summed E-state index contributed by atoms with van der Waals surface area (Å²) >= 11 is 0. The van der Waals surface area contributed by atoms with Gasteiger partial charge in [-0.3, -0.25) is 19.1 Å². The first-order chi connectivity index (χ1) is 15.0. The maximum atomic E-state index is 13.4. The van der Waals surface area contributed by atoms with Crippen LogP contribution in [0.25, 0.3) is 22.2 Å². The number of aromatic nitrogens is 5. The van der Waals surface area contributed by atoms with Crippen molar-refractivity contribution in [2.75, 3.05) is 13.7 Å². The smallest absolute Gasteiger partial charge is 0.254 e. The first kappa shape index (κ1) is 19.3. The molecule has 1 atom stereocenters. The van der Waals surface area contributed by atoms with Crippen LogP contribution in [0.5, 0.6) is 5.88 Å². The van der Waals surface area contributed by atoms with Crippen molar-refractivity contribution in [3.8, 4) is 17.1 Å². The van der Waals surface area contributed by atoms with Crippen LogP contribution < -0.4 is 4.74 Å². The van der Waals surface area contributed by atoms with Gasteiger partial charge in [0, 0.05) is 49.5 Å². The molecule has 3 aromatic heterocycles. The molecule has 0 spiro atoms. The van der Waals surface area contributed by atoms with E-state index in [1.807, 2.05) is 67.1 Å². The lowest BCUT2D eigenvalue weighted by Gasteiger charge is -2.33. The molecule has 1 unspecified atom stereocenters. The molecule has 0 aliphatic carbocycles. The third kappa shape index (κ3) is 3.06. The molecule has 5 rings (SSSR count). The van der Waals surface area contributed by atoms with Gasteiger partial charge >= 0.3 is 0 Å². The zero-order valence-electron chi connectivity index (χ0n) is 18.0. The quantitative estimate of drug-likeness (QED) is 0.513. The summed E-state index contributed by atoms with van der Waals surface area (Å²) in [5, 5.41) is 10.1. The number of rotatable bonds is 3. The summed E-state index contributed by atoms with van der Waals surface area (Å²) in [7, 11) is 5.42. The molecule has 158 valence electrons. The van der Waals surface area contributed by atoms with E-state index in [1.165, 1.54) is 0 Å². The lowest BCUT2D eigenvalue weighted by Crippen LogP contribution is -2.38. The number of amides is 1. The molecule has 0 radical (unpaired) electrons. The molecule has 4 heterocycles. The third-order valence-corrected chi connectivity index (χ3v) is 6.00. The van der Waals surface area contributed by atoms with Crippen LogP contribution in [0.1, 0.15) is 34.6 Å². The Bertz CT molecular complexity index is 1300. The van der Waals surface area contributed by atoms with E-state index in [0.29, 0.717) is 18.0 Å². The van der Waals surface area contributed by atoms with Gasteiger partial charge in [0.25, 0.3) is 5.91 Å². The van der Waals surface area contributed by atoms with E-state index in [0.717, 1.165) is 39.8 Å². The van der Waals surface area contributed by atoms with Crippen molar-refractivity contribution in [3.05, 3.63) is 59.5 Å². The number of hydrogen-bond donors (Lipinski definition) is 0. The largest absolute Gasteiger partial charge is 0.479 e. The van der Waals surface area contributed by atoms with Gasteiger partial charge in [0.1, 0.15) is 0 Å². The first-order valence-corrected chi connectivity index (χ1v) is 10.3. The normalized spacial score (nSPS) is 15.9. The average molecular weight is 416 g/mol. The van der Waals surface area contributed by atoms with Crippen LogP contribution in [0.15, 0.2) is 42.7 Å². The summed E-state index contributed by atoms with van der Waals surface area (Å²) in [4.78, 5) is 19.6. The highest BCUT2D eigenvalue weighted by Gasteiger charge is 2.34. The number of pyridine rings is 1. The van der Waals surface area contributed by atoms with Gasteiger partial charge in [-0.2, -0.15) is 5.10 Å². The Hall–Kier alpha value is -3.68. The summed E-state index contributed by atoms with van der Waals surface area (Å²) in [6.45, 7) is 2.66. The highest BCUT2D eigenvalue weighted by atomic mass is 16.5.